The summed E-state index contributed by atoms with van der Waals surface area (Å²) in [5.41, 5.74) is -0.371. The van der Waals surface area contributed by atoms with Gasteiger partial charge < -0.3 is 4.74 Å². The normalized spacial score (nSPS) is 11.6. The summed E-state index contributed by atoms with van der Waals surface area (Å²) in [6.45, 7) is 6.25. The van der Waals surface area contributed by atoms with Crippen LogP contribution in [0.25, 0.3) is 0 Å². The number of Topliss-reactive ketones (excluding diaryl/α,β-unsaturated/α-hetero) is 1. The largest absolute Gasteiger partial charge is 0.367 e. The first kappa shape index (κ1) is 15.5. The first-order chi connectivity index (χ1) is 8.50. The van der Waals surface area contributed by atoms with Gasteiger partial charge in [-0.2, -0.15) is 0 Å². The van der Waals surface area contributed by atoms with Gasteiger partial charge in [-0.25, -0.2) is 0 Å². The lowest BCUT2D eigenvalue weighted by Crippen LogP contribution is -2.40. The van der Waals surface area contributed by atoms with Gasteiger partial charge in [0.25, 0.3) is 0 Å². The van der Waals surface area contributed by atoms with Crippen LogP contribution in [0.3, 0.4) is 0 Å². The Labute approximate surface area is 118 Å². The lowest BCUT2D eigenvalue weighted by atomic mass is 9.87. The number of hydrogen-bond acceptors (Lipinski definition) is 2. The minimum atomic E-state index is -0.803. The molecular formula is C14H18Cl2O2. The Morgan fingerprint density at radius 2 is 1.83 bits per heavy atom. The molecule has 0 amide bonds. The van der Waals surface area contributed by atoms with E-state index in [1.807, 2.05) is 20.8 Å². The standard InChI is InChI=1S/C14H18Cl2O2/c1-4-14(5-2,18-6-3)13(17)11-9-10(15)7-8-12(11)16/h7-9H,4-6H2,1-3H3. The molecule has 0 radical (unpaired) electrons. The second-order valence-corrected chi connectivity index (χ2v) is 4.93. The Bertz CT molecular complexity index is 426. The van der Waals surface area contributed by atoms with Gasteiger partial charge in [0, 0.05) is 17.2 Å². The smallest absolute Gasteiger partial charge is 0.196 e. The number of ketones is 1. The number of carbonyl (C=O) groups is 1. The summed E-state index contributed by atoms with van der Waals surface area (Å²) in [5.74, 6) is -0.0955. The summed E-state index contributed by atoms with van der Waals surface area (Å²) < 4.78 is 5.69. The number of ether oxygens (including phenoxy) is 1. The third-order valence-electron chi connectivity index (χ3n) is 3.15. The Morgan fingerprint density at radius 1 is 1.22 bits per heavy atom. The van der Waals surface area contributed by atoms with Crippen molar-refractivity contribution in [1.82, 2.24) is 0 Å². The fourth-order valence-corrected chi connectivity index (χ4v) is 2.41. The van der Waals surface area contributed by atoms with E-state index in [1.165, 1.54) is 0 Å². The van der Waals surface area contributed by atoms with Crippen LogP contribution in [0.4, 0.5) is 0 Å². The highest BCUT2D eigenvalue weighted by Crippen LogP contribution is 2.30. The number of rotatable bonds is 6. The number of halogens is 2. The molecule has 1 aromatic rings. The van der Waals surface area contributed by atoms with Gasteiger partial charge in [0.1, 0.15) is 5.60 Å². The highest BCUT2D eigenvalue weighted by Gasteiger charge is 2.37. The van der Waals surface area contributed by atoms with Crippen molar-refractivity contribution in [3.05, 3.63) is 33.8 Å². The van der Waals surface area contributed by atoms with E-state index in [0.717, 1.165) is 0 Å². The zero-order valence-corrected chi connectivity index (χ0v) is 12.4. The fourth-order valence-electron chi connectivity index (χ4n) is 2.03. The van der Waals surface area contributed by atoms with E-state index >= 15 is 0 Å². The minimum absolute atomic E-state index is 0.0955. The molecule has 0 atom stereocenters. The van der Waals surface area contributed by atoms with Crippen LogP contribution in [0.15, 0.2) is 18.2 Å². The molecule has 1 aromatic carbocycles. The highest BCUT2D eigenvalue weighted by molar-refractivity contribution is 6.36. The van der Waals surface area contributed by atoms with Gasteiger partial charge in [-0.1, -0.05) is 37.0 Å². The van der Waals surface area contributed by atoms with Crippen molar-refractivity contribution in [3.8, 4) is 0 Å². The Balaban J connectivity index is 3.21. The number of benzene rings is 1. The van der Waals surface area contributed by atoms with Crippen LogP contribution >= 0.6 is 23.2 Å². The quantitative estimate of drug-likeness (QED) is 0.705. The second kappa shape index (κ2) is 6.55. The van der Waals surface area contributed by atoms with Gasteiger partial charge in [0.05, 0.1) is 5.02 Å². The monoisotopic (exact) mass is 288 g/mol. The minimum Gasteiger partial charge on any atom is -0.367 e. The molecule has 0 heterocycles. The second-order valence-electron chi connectivity index (χ2n) is 4.09. The molecular weight excluding hydrogens is 271 g/mol. The van der Waals surface area contributed by atoms with Crippen LogP contribution in [-0.4, -0.2) is 18.0 Å². The van der Waals surface area contributed by atoms with Crippen molar-refractivity contribution in [1.29, 1.82) is 0 Å². The molecule has 0 aliphatic heterocycles. The molecule has 100 valence electrons. The molecule has 0 spiro atoms. The summed E-state index contributed by atoms with van der Waals surface area (Å²) in [7, 11) is 0. The summed E-state index contributed by atoms with van der Waals surface area (Å²) >= 11 is 12.0. The van der Waals surface area contributed by atoms with Crippen LogP contribution < -0.4 is 0 Å². The summed E-state index contributed by atoms with van der Waals surface area (Å²) in [6.07, 6.45) is 1.22. The molecule has 0 fully saturated rings. The topological polar surface area (TPSA) is 26.3 Å². The van der Waals surface area contributed by atoms with E-state index in [9.17, 15) is 4.79 Å². The molecule has 0 unspecified atom stereocenters. The molecule has 1 rings (SSSR count). The first-order valence-electron chi connectivity index (χ1n) is 6.14. The summed E-state index contributed by atoms with van der Waals surface area (Å²) in [6, 6.07) is 4.91. The molecule has 0 aromatic heterocycles. The third-order valence-corrected chi connectivity index (χ3v) is 3.71. The van der Waals surface area contributed by atoms with E-state index < -0.39 is 5.60 Å². The van der Waals surface area contributed by atoms with E-state index in [0.29, 0.717) is 35.1 Å². The zero-order valence-electron chi connectivity index (χ0n) is 10.9. The van der Waals surface area contributed by atoms with E-state index in [1.54, 1.807) is 18.2 Å². The van der Waals surface area contributed by atoms with Gasteiger partial charge in [0.15, 0.2) is 5.78 Å². The molecule has 0 N–H and O–H groups in total. The predicted molar refractivity (Wildman–Crippen MR) is 75.7 cm³/mol. The van der Waals surface area contributed by atoms with Gasteiger partial charge in [0.2, 0.25) is 0 Å². The van der Waals surface area contributed by atoms with Crippen LogP contribution in [0.2, 0.25) is 10.0 Å². The molecule has 18 heavy (non-hydrogen) atoms. The Morgan fingerprint density at radius 3 is 2.33 bits per heavy atom. The van der Waals surface area contributed by atoms with Crippen molar-refractivity contribution in [2.24, 2.45) is 0 Å². The first-order valence-corrected chi connectivity index (χ1v) is 6.90. The summed E-state index contributed by atoms with van der Waals surface area (Å²) in [5, 5.41) is 0.913. The van der Waals surface area contributed by atoms with Crippen molar-refractivity contribution in [2.75, 3.05) is 6.61 Å². The SMILES string of the molecule is CCOC(CC)(CC)C(=O)c1cc(Cl)ccc1Cl. The maximum Gasteiger partial charge on any atom is 0.196 e. The fraction of sp³-hybridized carbons (Fsp3) is 0.500. The molecule has 0 aliphatic rings. The third kappa shape index (κ3) is 3.05. The number of hydrogen-bond donors (Lipinski definition) is 0. The lowest BCUT2D eigenvalue weighted by molar-refractivity contribution is -0.0250. The van der Waals surface area contributed by atoms with Gasteiger partial charge in [-0.3, -0.25) is 4.79 Å². The predicted octanol–water partition coefficient (Wildman–Crippen LogP) is 4.77. The van der Waals surface area contributed by atoms with Gasteiger partial charge >= 0.3 is 0 Å². The number of carbonyl (C=O) groups excluding carboxylic acids is 1. The van der Waals surface area contributed by atoms with Crippen LogP contribution in [0.5, 0.6) is 0 Å². The maximum atomic E-state index is 12.6. The van der Waals surface area contributed by atoms with Gasteiger partial charge in [-0.05, 0) is 38.0 Å². The van der Waals surface area contributed by atoms with Gasteiger partial charge in [-0.15, -0.1) is 0 Å². The van der Waals surface area contributed by atoms with E-state index in [2.05, 4.69) is 0 Å². The lowest BCUT2D eigenvalue weighted by Gasteiger charge is -2.30. The van der Waals surface area contributed by atoms with Crippen LogP contribution in [-0.2, 0) is 4.74 Å². The van der Waals surface area contributed by atoms with E-state index in [4.69, 9.17) is 27.9 Å². The highest BCUT2D eigenvalue weighted by atomic mass is 35.5. The Hall–Kier alpha value is -0.570. The zero-order chi connectivity index (χ0) is 13.8. The van der Waals surface area contributed by atoms with Crippen molar-refractivity contribution >= 4 is 29.0 Å². The van der Waals surface area contributed by atoms with E-state index in [-0.39, 0.29) is 5.78 Å². The summed E-state index contributed by atoms with van der Waals surface area (Å²) in [4.78, 5) is 12.6. The molecule has 0 bridgehead atoms. The van der Waals surface area contributed by atoms with Crippen LogP contribution in [0.1, 0.15) is 44.0 Å². The van der Waals surface area contributed by atoms with Crippen LogP contribution in [0, 0.1) is 0 Å². The average molecular weight is 289 g/mol. The van der Waals surface area contributed by atoms with Crippen molar-refractivity contribution in [3.63, 3.8) is 0 Å². The van der Waals surface area contributed by atoms with Crippen molar-refractivity contribution < 1.29 is 9.53 Å². The maximum absolute atomic E-state index is 12.6. The molecule has 0 aliphatic carbocycles. The Kier molecular flexibility index (Phi) is 5.64. The molecule has 0 saturated carbocycles. The molecule has 2 nitrogen and oxygen atoms in total. The average Bonchev–Trinajstić information content (AvgIpc) is 2.38. The molecule has 4 heteroatoms. The molecule has 0 saturated heterocycles. The van der Waals surface area contributed by atoms with Crippen molar-refractivity contribution in [2.45, 2.75) is 39.2 Å².